The molecule has 1 amide bonds. The third kappa shape index (κ3) is 8.29. The molecule has 3 N–H and O–H groups in total. The number of aliphatic carboxylic acids is 1. The first-order chi connectivity index (χ1) is 19.7. The highest BCUT2D eigenvalue weighted by molar-refractivity contribution is 7.93. The number of anilines is 1. The number of carbonyl (C=O) groups is 2. The molecule has 0 radical (unpaired) electrons. The van der Waals surface area contributed by atoms with E-state index in [1.807, 2.05) is 6.07 Å². The highest BCUT2D eigenvalue weighted by atomic mass is 32.2. The average molecular weight is 591 g/mol. The van der Waals surface area contributed by atoms with Gasteiger partial charge >= 0.3 is 12.1 Å². The monoisotopic (exact) mass is 590 g/mol. The molecule has 0 saturated heterocycles. The van der Waals surface area contributed by atoms with Crippen LogP contribution in [0.15, 0.2) is 59.0 Å². The van der Waals surface area contributed by atoms with Gasteiger partial charge in [0.25, 0.3) is 5.91 Å². The fourth-order valence-electron chi connectivity index (χ4n) is 5.10. The molecule has 7 nitrogen and oxygen atoms in total. The third-order valence-corrected chi connectivity index (χ3v) is 7.55. The Balaban J connectivity index is 1.61. The van der Waals surface area contributed by atoms with Crippen molar-refractivity contribution < 1.29 is 36.5 Å². The molecule has 1 fully saturated rings. The predicted octanol–water partition coefficient (Wildman–Crippen LogP) is 7.70. The lowest BCUT2D eigenvalue weighted by Crippen LogP contribution is -2.26. The Hall–Kier alpha value is -3.44. The van der Waals surface area contributed by atoms with Gasteiger partial charge in [-0.05, 0) is 73.3 Å². The molecule has 1 saturated carbocycles. The molecule has 4 rings (SSSR count). The van der Waals surface area contributed by atoms with E-state index in [9.17, 15) is 22.8 Å². The summed E-state index contributed by atoms with van der Waals surface area (Å²) in [4.78, 5) is 23.1. The van der Waals surface area contributed by atoms with E-state index >= 15 is 0 Å². The van der Waals surface area contributed by atoms with Gasteiger partial charge in [-0.1, -0.05) is 31.4 Å². The molecule has 1 aliphatic carbocycles. The maximum absolute atomic E-state index is 13.1. The van der Waals surface area contributed by atoms with Crippen LogP contribution in [0.4, 0.5) is 18.9 Å². The number of amides is 1. The number of carboxylic acids is 1. The summed E-state index contributed by atoms with van der Waals surface area (Å²) >= 11 is 1.20. The molecule has 1 atom stereocenters. The van der Waals surface area contributed by atoms with Gasteiger partial charge in [0.1, 0.15) is 18.1 Å². The van der Waals surface area contributed by atoms with Crippen LogP contribution < -0.4 is 10.6 Å². The zero-order valence-electron chi connectivity index (χ0n) is 22.6. The highest BCUT2D eigenvalue weighted by Gasteiger charge is 2.32. The number of carbonyl (C=O) groups excluding carboxylic acids is 1. The number of hydrogen-bond donors (Lipinski definition) is 3. The summed E-state index contributed by atoms with van der Waals surface area (Å²) in [7, 11) is 0. The zero-order valence-corrected chi connectivity index (χ0v) is 23.4. The lowest BCUT2D eigenvalue weighted by molar-refractivity contribution is -0.138. The molecule has 1 aromatic heterocycles. The number of hydrogen-bond acceptors (Lipinski definition) is 6. The molecular formula is C30H33F3N2O5S. The number of nitrogens with one attached hydrogen (secondary N) is 2. The van der Waals surface area contributed by atoms with Crippen LogP contribution in [0, 0.1) is 5.92 Å². The van der Waals surface area contributed by atoms with E-state index in [4.69, 9.17) is 13.7 Å². The minimum Gasteiger partial charge on any atom is -0.481 e. The van der Waals surface area contributed by atoms with Gasteiger partial charge < -0.3 is 24.3 Å². The molecule has 3 aromatic rings. The molecule has 0 bridgehead atoms. The summed E-state index contributed by atoms with van der Waals surface area (Å²) in [6, 6.07) is 13.6. The number of alkyl halides is 3. The van der Waals surface area contributed by atoms with Crippen LogP contribution in [0.5, 0.6) is 0 Å². The van der Waals surface area contributed by atoms with E-state index in [0.29, 0.717) is 22.6 Å². The van der Waals surface area contributed by atoms with Gasteiger partial charge in [0, 0.05) is 35.2 Å². The van der Waals surface area contributed by atoms with Gasteiger partial charge in [0.2, 0.25) is 0 Å². The van der Waals surface area contributed by atoms with Crippen LogP contribution in [0.3, 0.4) is 0 Å². The summed E-state index contributed by atoms with van der Waals surface area (Å²) in [5.41, 5.74) is 1.90. The van der Waals surface area contributed by atoms with Crippen molar-refractivity contribution in [2.75, 3.05) is 18.1 Å². The fourth-order valence-corrected chi connectivity index (χ4v) is 5.32. The van der Waals surface area contributed by atoms with Gasteiger partial charge in [-0.15, -0.1) is 0 Å². The Labute approximate surface area is 241 Å². The highest BCUT2D eigenvalue weighted by Crippen LogP contribution is 2.41. The summed E-state index contributed by atoms with van der Waals surface area (Å²) in [5, 5.41) is 15.0. The van der Waals surface area contributed by atoms with Crippen molar-refractivity contribution in [3.63, 3.8) is 0 Å². The largest absolute Gasteiger partial charge is 0.481 e. The van der Waals surface area contributed by atoms with E-state index in [-0.39, 0.29) is 37.4 Å². The molecule has 0 spiro atoms. The Kier molecular flexibility index (Phi) is 10.4. The molecular weight excluding hydrogens is 557 g/mol. The standard InChI is InChI=1S/C30H33F3N2O5S/c1-41-39-18-26-24(17-25(40-26)19-7-11-22(12-8-19)30(31,32)33)28(20-5-3-2-4-6-20)35-23-13-9-21(10-14-23)29(38)34-16-15-27(36)37/h7-14,17,20,28,35H,2-6,15-16,18H2,1H3,(H,34,38)(H,36,37). The van der Waals surface area contributed by atoms with Gasteiger partial charge in [-0.25, -0.2) is 0 Å². The minimum atomic E-state index is -4.42. The quantitative estimate of drug-likeness (QED) is 0.186. The molecule has 1 unspecified atom stereocenters. The van der Waals surface area contributed by atoms with Crippen LogP contribution in [-0.2, 0) is 21.8 Å². The Bertz CT molecular complexity index is 1300. The fraction of sp³-hybridized carbons (Fsp3) is 0.400. The van der Waals surface area contributed by atoms with Crippen LogP contribution in [-0.4, -0.2) is 29.8 Å². The summed E-state index contributed by atoms with van der Waals surface area (Å²) in [5.74, 6) is 0.0146. The van der Waals surface area contributed by atoms with Gasteiger partial charge in [-0.2, -0.15) is 13.2 Å². The smallest absolute Gasteiger partial charge is 0.416 e. The van der Waals surface area contributed by atoms with Crippen molar-refractivity contribution in [1.82, 2.24) is 5.32 Å². The maximum atomic E-state index is 13.1. The number of carboxylic acid groups (broad SMARTS) is 1. The lowest BCUT2D eigenvalue weighted by Gasteiger charge is -2.32. The van der Waals surface area contributed by atoms with E-state index in [2.05, 4.69) is 10.6 Å². The van der Waals surface area contributed by atoms with Gasteiger partial charge in [-0.3, -0.25) is 9.59 Å². The minimum absolute atomic E-state index is 0.0422. The molecule has 1 heterocycles. The summed E-state index contributed by atoms with van der Waals surface area (Å²) in [6.45, 7) is 0.234. The van der Waals surface area contributed by atoms with Crippen molar-refractivity contribution in [3.8, 4) is 11.3 Å². The van der Waals surface area contributed by atoms with E-state index in [0.717, 1.165) is 49.1 Å². The van der Waals surface area contributed by atoms with Gasteiger partial charge in [0.15, 0.2) is 0 Å². The normalized spacial score (nSPS) is 14.9. The third-order valence-electron chi connectivity index (χ3n) is 7.20. The molecule has 1 aliphatic rings. The molecule has 0 aliphatic heterocycles. The Morgan fingerprint density at radius 2 is 1.76 bits per heavy atom. The Morgan fingerprint density at radius 3 is 2.37 bits per heavy atom. The SMILES string of the molecule is CSOCc1oc(-c2ccc(C(F)(F)F)cc2)cc1C(Nc1ccc(C(=O)NCCC(=O)O)cc1)C1CCCCC1. The average Bonchev–Trinajstić information content (AvgIpc) is 3.38. The number of benzene rings is 2. The second-order valence-corrected chi connectivity index (χ2v) is 10.6. The first-order valence-corrected chi connectivity index (χ1v) is 14.6. The first-order valence-electron chi connectivity index (χ1n) is 13.5. The first kappa shape index (κ1) is 30.5. The van der Waals surface area contributed by atoms with Crippen LogP contribution in [0.1, 0.15) is 71.8 Å². The van der Waals surface area contributed by atoms with Crippen LogP contribution in [0.2, 0.25) is 0 Å². The number of halogens is 3. The number of furan rings is 1. The second kappa shape index (κ2) is 14.0. The van der Waals surface area contributed by atoms with E-state index in [1.165, 1.54) is 30.6 Å². The Morgan fingerprint density at radius 1 is 1.07 bits per heavy atom. The molecule has 220 valence electrons. The molecule has 41 heavy (non-hydrogen) atoms. The second-order valence-electron chi connectivity index (χ2n) is 9.99. The van der Waals surface area contributed by atoms with Crippen molar-refractivity contribution in [2.24, 2.45) is 5.92 Å². The van der Waals surface area contributed by atoms with Crippen molar-refractivity contribution in [2.45, 2.75) is 57.3 Å². The van der Waals surface area contributed by atoms with Gasteiger partial charge in [0.05, 0.1) is 18.0 Å². The molecule has 2 aromatic carbocycles. The van der Waals surface area contributed by atoms with Crippen molar-refractivity contribution in [3.05, 3.63) is 77.0 Å². The topological polar surface area (TPSA) is 101 Å². The summed E-state index contributed by atoms with van der Waals surface area (Å²) in [6.07, 6.45) is 2.59. The number of rotatable bonds is 12. The van der Waals surface area contributed by atoms with Crippen molar-refractivity contribution >= 4 is 29.6 Å². The predicted molar refractivity (Wildman–Crippen MR) is 151 cm³/mol. The van der Waals surface area contributed by atoms with E-state index < -0.39 is 17.7 Å². The van der Waals surface area contributed by atoms with Crippen molar-refractivity contribution in [1.29, 1.82) is 0 Å². The zero-order chi connectivity index (χ0) is 29.4. The molecule has 11 heteroatoms. The van der Waals surface area contributed by atoms with Crippen LogP contribution >= 0.6 is 12.0 Å². The summed E-state index contributed by atoms with van der Waals surface area (Å²) < 4.78 is 51.1. The maximum Gasteiger partial charge on any atom is 0.416 e. The van der Waals surface area contributed by atoms with Crippen LogP contribution in [0.25, 0.3) is 11.3 Å². The van der Waals surface area contributed by atoms with E-state index in [1.54, 1.807) is 30.5 Å². The lowest BCUT2D eigenvalue weighted by atomic mass is 9.81.